The molecule has 1 unspecified atom stereocenters. The molecule has 2 aliphatic rings. The fourth-order valence-electron chi connectivity index (χ4n) is 5.25. The van der Waals surface area contributed by atoms with E-state index in [1.54, 1.807) is 0 Å². The van der Waals surface area contributed by atoms with Crippen LogP contribution in [-0.2, 0) is 39.9 Å². The molecule has 0 radical (unpaired) electrons. The Hall–Kier alpha value is -3.59. The third kappa shape index (κ3) is 10.2. The molecule has 4 rings (SSSR count). The Balaban J connectivity index is 1.43. The Bertz CT molecular complexity index is 1270. The molecule has 244 valence electrons. The smallest absolute Gasteiger partial charge is 0.303 e. The summed E-state index contributed by atoms with van der Waals surface area (Å²) in [6.07, 6.45) is -3.89. The fourth-order valence-corrected chi connectivity index (χ4v) is 5.25. The summed E-state index contributed by atoms with van der Waals surface area (Å²) in [6, 6.07) is 17.4. The summed E-state index contributed by atoms with van der Waals surface area (Å²) in [4.78, 5) is 25.7. The van der Waals surface area contributed by atoms with Crippen molar-refractivity contribution in [2.75, 3.05) is 19.7 Å². The second-order valence-electron chi connectivity index (χ2n) is 11.2. The van der Waals surface area contributed by atoms with Crippen molar-refractivity contribution in [3.05, 3.63) is 82.2 Å². The maximum Gasteiger partial charge on any atom is 0.303 e. The van der Waals surface area contributed by atoms with Crippen molar-refractivity contribution < 1.29 is 38.4 Å². The summed E-state index contributed by atoms with van der Waals surface area (Å²) in [5.41, 5.74) is 16.7. The van der Waals surface area contributed by atoms with Crippen LogP contribution in [0.3, 0.4) is 0 Å². The number of nitrogens with two attached hydrogens (primary N) is 1. The highest BCUT2D eigenvalue weighted by Gasteiger charge is 2.51. The molecule has 5 N–H and O–H groups in total. The lowest BCUT2D eigenvalue weighted by Gasteiger charge is -2.48. The third-order valence-corrected chi connectivity index (χ3v) is 7.62. The van der Waals surface area contributed by atoms with E-state index in [-0.39, 0.29) is 38.2 Å². The zero-order chi connectivity index (χ0) is 32.2. The predicted octanol–water partition coefficient (Wildman–Crippen LogP) is 2.78. The number of nitrogens with one attached hydrogen (secondary N) is 2. The lowest BCUT2D eigenvalue weighted by Crippen LogP contribution is -2.63. The van der Waals surface area contributed by atoms with E-state index in [1.807, 2.05) is 74.5 Å². The van der Waals surface area contributed by atoms with Crippen LogP contribution < -0.4 is 16.4 Å². The number of carboxylic acids is 1. The molecule has 0 saturated carbocycles. The normalized spacial score (nSPS) is 26.5. The number of nitrogens with zero attached hydrogens (tertiary/aromatic N) is 3. The molecule has 2 saturated heterocycles. The van der Waals surface area contributed by atoms with Gasteiger partial charge >= 0.3 is 5.97 Å². The first-order chi connectivity index (χ1) is 21.7. The quantitative estimate of drug-likeness (QED) is 0.115. The van der Waals surface area contributed by atoms with Crippen molar-refractivity contribution in [1.82, 2.24) is 10.6 Å². The minimum Gasteiger partial charge on any atom is -0.481 e. The molecule has 0 aromatic heterocycles. The molecule has 2 aromatic carbocycles. The summed E-state index contributed by atoms with van der Waals surface area (Å²) in [5.74, 6) is -1.60. The van der Waals surface area contributed by atoms with Crippen LogP contribution in [0.2, 0.25) is 0 Å². The average Bonchev–Trinajstić information content (AvgIpc) is 3.04. The first-order valence-corrected chi connectivity index (χ1v) is 15.1. The lowest BCUT2D eigenvalue weighted by atomic mass is 9.95. The number of fused-ring (bicyclic) bond motifs is 1. The summed E-state index contributed by atoms with van der Waals surface area (Å²) in [5, 5.41) is 19.4. The van der Waals surface area contributed by atoms with Gasteiger partial charge in [0.25, 0.3) is 0 Å². The Kier molecular flexibility index (Phi) is 13.1. The van der Waals surface area contributed by atoms with Crippen LogP contribution in [0.15, 0.2) is 65.8 Å². The van der Waals surface area contributed by atoms with E-state index < -0.39 is 54.9 Å². The third-order valence-electron chi connectivity index (χ3n) is 7.62. The Labute approximate surface area is 262 Å². The van der Waals surface area contributed by atoms with Gasteiger partial charge in [-0.2, -0.15) is 0 Å². The average molecular weight is 627 g/mol. The number of amides is 1. The largest absolute Gasteiger partial charge is 0.481 e. The highest BCUT2D eigenvalue weighted by Crippen LogP contribution is 2.37. The molecule has 45 heavy (non-hydrogen) atoms. The van der Waals surface area contributed by atoms with Gasteiger partial charge in [0.1, 0.15) is 24.4 Å². The van der Waals surface area contributed by atoms with Crippen LogP contribution in [0.1, 0.15) is 44.1 Å². The van der Waals surface area contributed by atoms with Crippen molar-refractivity contribution >= 4 is 11.9 Å². The molecule has 2 aromatic rings. The molecule has 14 heteroatoms. The van der Waals surface area contributed by atoms with Gasteiger partial charge in [0, 0.05) is 36.0 Å². The first-order valence-electron chi connectivity index (χ1n) is 15.1. The van der Waals surface area contributed by atoms with Crippen molar-refractivity contribution in [2.24, 2.45) is 10.8 Å². The number of aliphatic carboxylic acids is 1. The molecule has 2 heterocycles. The van der Waals surface area contributed by atoms with Crippen molar-refractivity contribution in [3.63, 3.8) is 0 Å². The van der Waals surface area contributed by atoms with E-state index >= 15 is 0 Å². The fraction of sp³-hybridized carbons (Fsp3) is 0.548. The first kappa shape index (κ1) is 34.3. The standard InChI is InChI=1S/C31H42N6O8/c1-19(15-35-23(29(32)40)13-14-25(38)39)34-16-20(2)43-28-26(36-37-33)31(41-17-21-9-5-3-6-10-21)44-24-18-42-30(45-27(24)28)22-11-7-4-8-12-22/h3-12,19-20,23-24,26-28,30-31,34-35H,13-18H2,1-2H3,(H2,32,40)(H,38,39)/t19-,20+,23?,24+,26+,27+,28+,30+,31-/m0/s1. The van der Waals surface area contributed by atoms with E-state index in [0.717, 1.165) is 11.1 Å². The van der Waals surface area contributed by atoms with E-state index in [4.69, 9.17) is 34.5 Å². The number of azide groups is 1. The predicted molar refractivity (Wildman–Crippen MR) is 162 cm³/mol. The Morgan fingerprint density at radius 2 is 1.80 bits per heavy atom. The molecule has 0 aliphatic carbocycles. The summed E-state index contributed by atoms with van der Waals surface area (Å²) < 4.78 is 31.4. The zero-order valence-corrected chi connectivity index (χ0v) is 25.4. The summed E-state index contributed by atoms with van der Waals surface area (Å²) in [6.45, 7) is 5.04. The van der Waals surface area contributed by atoms with Gasteiger partial charge in [-0.15, -0.1) is 0 Å². The van der Waals surface area contributed by atoms with E-state index in [2.05, 4.69) is 20.7 Å². The Morgan fingerprint density at radius 3 is 2.47 bits per heavy atom. The number of carbonyl (C=O) groups is 2. The van der Waals surface area contributed by atoms with Gasteiger partial charge < -0.3 is 45.2 Å². The molecular formula is C31H42N6O8. The molecule has 9 atom stereocenters. The second-order valence-corrected chi connectivity index (χ2v) is 11.2. The molecule has 2 aliphatic heterocycles. The number of carbonyl (C=O) groups excluding carboxylic acids is 1. The number of hydrogen-bond acceptors (Lipinski definition) is 10. The number of benzene rings is 2. The minimum absolute atomic E-state index is 0.102. The zero-order valence-electron chi connectivity index (χ0n) is 25.4. The van der Waals surface area contributed by atoms with Crippen LogP contribution in [0.4, 0.5) is 0 Å². The van der Waals surface area contributed by atoms with Crippen LogP contribution >= 0.6 is 0 Å². The summed E-state index contributed by atoms with van der Waals surface area (Å²) in [7, 11) is 0. The van der Waals surface area contributed by atoms with Crippen molar-refractivity contribution in [2.45, 2.75) is 88.4 Å². The van der Waals surface area contributed by atoms with E-state index in [1.165, 1.54) is 0 Å². The molecule has 14 nitrogen and oxygen atoms in total. The van der Waals surface area contributed by atoms with Gasteiger partial charge in [-0.3, -0.25) is 9.59 Å². The maximum atomic E-state index is 11.7. The van der Waals surface area contributed by atoms with Crippen LogP contribution in [-0.4, -0.2) is 85.5 Å². The van der Waals surface area contributed by atoms with E-state index in [9.17, 15) is 15.1 Å². The minimum atomic E-state index is -0.995. The molecule has 0 spiro atoms. The number of hydrogen-bond donors (Lipinski definition) is 4. The highest BCUT2D eigenvalue weighted by molar-refractivity contribution is 5.80. The molecule has 2 fully saturated rings. The van der Waals surface area contributed by atoms with Gasteiger partial charge in [-0.25, -0.2) is 0 Å². The summed E-state index contributed by atoms with van der Waals surface area (Å²) >= 11 is 0. The van der Waals surface area contributed by atoms with Crippen LogP contribution in [0, 0.1) is 0 Å². The van der Waals surface area contributed by atoms with Crippen LogP contribution in [0.25, 0.3) is 10.4 Å². The molecular weight excluding hydrogens is 584 g/mol. The number of carboxylic acid groups (broad SMARTS) is 1. The number of ether oxygens (including phenoxy) is 5. The van der Waals surface area contributed by atoms with Crippen molar-refractivity contribution in [1.29, 1.82) is 0 Å². The molecule has 0 bridgehead atoms. The monoisotopic (exact) mass is 626 g/mol. The maximum absolute atomic E-state index is 11.7. The Morgan fingerprint density at radius 1 is 1.09 bits per heavy atom. The van der Waals surface area contributed by atoms with Crippen molar-refractivity contribution in [3.8, 4) is 0 Å². The number of primary amides is 1. The molecule has 1 amide bonds. The van der Waals surface area contributed by atoms with Gasteiger partial charge in [0.2, 0.25) is 5.91 Å². The SMILES string of the molecule is C[C@H](CN[C@@H](C)CNC(CCC(=O)O)C(N)=O)O[C@@H]1[C@@H](N=[N+]=[N-])[C@@H](OCc2ccccc2)O[C@@H]2CO[C@@H](c3ccccc3)O[C@@H]12. The van der Waals surface area contributed by atoms with Crippen LogP contribution in [0.5, 0.6) is 0 Å². The topological polar surface area (TPSA) is 199 Å². The number of rotatable bonds is 17. The van der Waals surface area contributed by atoms with Gasteiger partial charge in [-0.1, -0.05) is 65.8 Å². The van der Waals surface area contributed by atoms with Gasteiger partial charge in [-0.05, 0) is 31.4 Å². The highest BCUT2D eigenvalue weighted by atomic mass is 16.7. The second kappa shape index (κ2) is 17.2. The van der Waals surface area contributed by atoms with Gasteiger partial charge in [0.05, 0.1) is 25.4 Å². The van der Waals surface area contributed by atoms with Gasteiger partial charge in [0.15, 0.2) is 12.6 Å². The lowest BCUT2D eigenvalue weighted by molar-refractivity contribution is -0.350. The van der Waals surface area contributed by atoms with E-state index in [0.29, 0.717) is 13.1 Å².